The molecule has 0 aromatic carbocycles. The van der Waals surface area contributed by atoms with Gasteiger partial charge in [-0.05, 0) is 83.5 Å². The molecular formula is C61H100O5. The number of esters is 2. The van der Waals surface area contributed by atoms with Gasteiger partial charge in [0.15, 0.2) is 6.10 Å². The zero-order valence-corrected chi connectivity index (χ0v) is 42.9. The Morgan fingerprint density at radius 3 is 1.11 bits per heavy atom. The highest BCUT2D eigenvalue weighted by atomic mass is 16.6. The molecule has 0 aromatic heterocycles. The van der Waals surface area contributed by atoms with Crippen LogP contribution in [-0.2, 0) is 23.8 Å². The Kier molecular flexibility index (Phi) is 52.5. The van der Waals surface area contributed by atoms with Crippen molar-refractivity contribution in [2.24, 2.45) is 0 Å². The van der Waals surface area contributed by atoms with Gasteiger partial charge in [-0.15, -0.1) is 0 Å². The molecule has 1 atom stereocenters. The van der Waals surface area contributed by atoms with E-state index in [9.17, 15) is 9.59 Å². The lowest BCUT2D eigenvalue weighted by atomic mass is 10.0. The van der Waals surface area contributed by atoms with Gasteiger partial charge in [0.2, 0.25) is 0 Å². The minimum atomic E-state index is -0.620. The van der Waals surface area contributed by atoms with E-state index in [2.05, 4.69) is 130 Å². The molecule has 0 spiro atoms. The quantitative estimate of drug-likeness (QED) is 0.0346. The molecule has 0 fully saturated rings. The number of unbranched alkanes of at least 4 members (excludes halogenated alkanes) is 18. The van der Waals surface area contributed by atoms with Crippen LogP contribution in [0.1, 0.15) is 226 Å². The van der Waals surface area contributed by atoms with Gasteiger partial charge >= 0.3 is 11.9 Å². The fourth-order valence-electron chi connectivity index (χ4n) is 7.09. The minimum Gasteiger partial charge on any atom is -0.462 e. The third-order valence-corrected chi connectivity index (χ3v) is 11.0. The molecule has 0 aliphatic rings. The highest BCUT2D eigenvalue weighted by Gasteiger charge is 2.17. The summed E-state index contributed by atoms with van der Waals surface area (Å²) >= 11 is 0. The van der Waals surface area contributed by atoms with Crippen LogP contribution in [0.3, 0.4) is 0 Å². The predicted octanol–water partition coefficient (Wildman–Crippen LogP) is 18.6. The van der Waals surface area contributed by atoms with Gasteiger partial charge in [-0.2, -0.15) is 0 Å². The maximum Gasteiger partial charge on any atom is 0.310 e. The first kappa shape index (κ1) is 62.3. The second-order valence-electron chi connectivity index (χ2n) is 17.4. The van der Waals surface area contributed by atoms with Gasteiger partial charge in [-0.3, -0.25) is 9.59 Å². The third kappa shape index (κ3) is 52.9. The summed E-state index contributed by atoms with van der Waals surface area (Å²) in [5.74, 6) is -0.614. The van der Waals surface area contributed by atoms with Crippen LogP contribution >= 0.6 is 0 Å². The normalized spacial score (nSPS) is 13.2. The zero-order valence-electron chi connectivity index (χ0n) is 42.9. The van der Waals surface area contributed by atoms with E-state index in [4.69, 9.17) is 14.2 Å². The van der Waals surface area contributed by atoms with E-state index in [1.54, 1.807) is 0 Å². The number of hydrogen-bond acceptors (Lipinski definition) is 5. The molecular weight excluding hydrogens is 813 g/mol. The average Bonchev–Trinajstić information content (AvgIpc) is 3.32. The number of carbonyl (C=O) groups is 2. The SMILES string of the molecule is CC/C=C\C/C=C\C/C=C\C/C=C\C/C=C\CCCC(=O)OCC(COCCCCCCCCCCCCCCCCCCCC)OC(=O)C/C=C\C/C=C\C/C=C\C/C=C\C/C=C\CC. The molecule has 0 saturated carbocycles. The molecule has 0 rings (SSSR count). The number of ether oxygens (including phenoxy) is 3. The topological polar surface area (TPSA) is 61.8 Å². The Bertz CT molecular complexity index is 1350. The molecule has 1 unspecified atom stereocenters. The van der Waals surface area contributed by atoms with Crippen molar-refractivity contribution in [2.75, 3.05) is 19.8 Å². The molecule has 66 heavy (non-hydrogen) atoms. The monoisotopic (exact) mass is 913 g/mol. The van der Waals surface area contributed by atoms with Crippen LogP contribution in [0.4, 0.5) is 0 Å². The first-order valence-electron chi connectivity index (χ1n) is 27.1. The van der Waals surface area contributed by atoms with Gasteiger partial charge in [0.25, 0.3) is 0 Å². The van der Waals surface area contributed by atoms with Crippen LogP contribution in [0, 0.1) is 0 Å². The molecule has 0 aromatic rings. The van der Waals surface area contributed by atoms with Crippen molar-refractivity contribution in [1.82, 2.24) is 0 Å². The van der Waals surface area contributed by atoms with Gasteiger partial charge in [0, 0.05) is 13.0 Å². The van der Waals surface area contributed by atoms with Crippen molar-refractivity contribution in [3.63, 3.8) is 0 Å². The maximum absolute atomic E-state index is 12.8. The molecule has 374 valence electrons. The Hall–Kier alpha value is -3.70. The van der Waals surface area contributed by atoms with E-state index >= 15 is 0 Å². The van der Waals surface area contributed by atoms with Crippen LogP contribution in [0.25, 0.3) is 0 Å². The summed E-state index contributed by atoms with van der Waals surface area (Å²) in [6.45, 7) is 7.44. The molecule has 0 aliphatic heterocycles. The zero-order chi connectivity index (χ0) is 47.7. The van der Waals surface area contributed by atoms with Crippen molar-refractivity contribution in [2.45, 2.75) is 232 Å². The van der Waals surface area contributed by atoms with E-state index in [1.807, 2.05) is 12.2 Å². The smallest absolute Gasteiger partial charge is 0.310 e. The van der Waals surface area contributed by atoms with E-state index in [0.717, 1.165) is 83.5 Å². The third-order valence-electron chi connectivity index (χ3n) is 11.0. The Labute approximate surface area is 407 Å². The van der Waals surface area contributed by atoms with Crippen LogP contribution in [0.2, 0.25) is 0 Å². The molecule has 0 N–H and O–H groups in total. The van der Waals surface area contributed by atoms with E-state index in [0.29, 0.717) is 19.4 Å². The average molecular weight is 913 g/mol. The summed E-state index contributed by atoms with van der Waals surface area (Å²) in [5.41, 5.74) is 0. The standard InChI is InChI=1S/C61H100O5/c1-4-7-10-13-16-19-22-25-28-30-32-35-38-41-44-47-50-53-56-64-57-59(66-61(63)55-52-49-46-43-40-37-33-27-24-21-18-15-12-9-6-3)58-65-60(62)54-51-48-45-42-39-36-34-31-29-26-23-20-17-14-11-8-5-2/h8-9,11-12,17-18,20-21,26-27,29,33-34,36,40,42-43,45,49,52,59H,4-7,10,13-16,19,22-25,28,30-32,35,37-39,41,44,46-48,50-51,53-58H2,1-3H3/b11-8-,12-9-,20-17-,21-18-,29-26-,33-27-,36-34-,43-40-,45-42-,52-49-. The summed E-state index contributed by atoms with van der Waals surface area (Å²) in [6, 6.07) is 0. The predicted molar refractivity (Wildman–Crippen MR) is 288 cm³/mol. The first-order chi connectivity index (χ1) is 32.6. The number of carbonyl (C=O) groups excluding carboxylic acids is 2. The Morgan fingerprint density at radius 2 is 0.712 bits per heavy atom. The number of rotatable bonds is 48. The summed E-state index contributed by atoms with van der Waals surface area (Å²) in [5, 5.41) is 0. The Morgan fingerprint density at radius 1 is 0.364 bits per heavy atom. The lowest BCUT2D eigenvalue weighted by molar-refractivity contribution is -0.162. The van der Waals surface area contributed by atoms with E-state index in [1.165, 1.54) is 103 Å². The fourth-order valence-corrected chi connectivity index (χ4v) is 7.09. The summed E-state index contributed by atoms with van der Waals surface area (Å²) in [7, 11) is 0. The fraction of sp³-hybridized carbons (Fsp3) is 0.639. The van der Waals surface area contributed by atoms with Gasteiger partial charge in [0.1, 0.15) is 6.61 Å². The van der Waals surface area contributed by atoms with Crippen LogP contribution in [-0.4, -0.2) is 37.9 Å². The molecule has 0 aliphatic carbocycles. The molecule has 0 amide bonds. The van der Waals surface area contributed by atoms with Gasteiger partial charge in [-0.25, -0.2) is 0 Å². The highest BCUT2D eigenvalue weighted by molar-refractivity contribution is 5.71. The molecule has 0 bridgehead atoms. The lowest BCUT2D eigenvalue weighted by Gasteiger charge is -2.18. The van der Waals surface area contributed by atoms with Gasteiger partial charge in [-0.1, -0.05) is 251 Å². The van der Waals surface area contributed by atoms with Crippen molar-refractivity contribution in [3.8, 4) is 0 Å². The van der Waals surface area contributed by atoms with Crippen molar-refractivity contribution < 1.29 is 23.8 Å². The largest absolute Gasteiger partial charge is 0.462 e. The van der Waals surface area contributed by atoms with Gasteiger partial charge in [0.05, 0.1) is 13.0 Å². The van der Waals surface area contributed by atoms with Crippen LogP contribution in [0.15, 0.2) is 122 Å². The molecule has 5 nitrogen and oxygen atoms in total. The maximum atomic E-state index is 12.8. The number of allylic oxidation sites excluding steroid dienone is 19. The lowest BCUT2D eigenvalue weighted by Crippen LogP contribution is -2.29. The second-order valence-corrected chi connectivity index (χ2v) is 17.4. The molecule has 0 heterocycles. The van der Waals surface area contributed by atoms with E-state index in [-0.39, 0.29) is 31.6 Å². The summed E-state index contributed by atoms with van der Waals surface area (Å²) in [4.78, 5) is 25.4. The molecule has 5 heteroatoms. The summed E-state index contributed by atoms with van der Waals surface area (Å²) < 4.78 is 17.3. The van der Waals surface area contributed by atoms with Crippen LogP contribution in [0.5, 0.6) is 0 Å². The van der Waals surface area contributed by atoms with E-state index < -0.39 is 6.10 Å². The molecule has 0 radical (unpaired) electrons. The first-order valence-corrected chi connectivity index (χ1v) is 27.1. The van der Waals surface area contributed by atoms with Crippen molar-refractivity contribution in [1.29, 1.82) is 0 Å². The van der Waals surface area contributed by atoms with Crippen molar-refractivity contribution in [3.05, 3.63) is 122 Å². The van der Waals surface area contributed by atoms with Gasteiger partial charge < -0.3 is 14.2 Å². The second kappa shape index (κ2) is 55.6. The highest BCUT2D eigenvalue weighted by Crippen LogP contribution is 2.15. The summed E-state index contributed by atoms with van der Waals surface area (Å²) in [6.07, 6.45) is 78.2. The van der Waals surface area contributed by atoms with Crippen LogP contribution < -0.4 is 0 Å². The molecule has 0 saturated heterocycles. The number of hydrogen-bond donors (Lipinski definition) is 0. The minimum absolute atomic E-state index is 0.0109. The Balaban J connectivity index is 4.46. The van der Waals surface area contributed by atoms with Crippen molar-refractivity contribution >= 4 is 11.9 Å².